The van der Waals surface area contributed by atoms with Gasteiger partial charge in [0, 0.05) is 5.02 Å². The normalized spacial score (nSPS) is 18.6. The van der Waals surface area contributed by atoms with Crippen molar-refractivity contribution in [2.45, 2.75) is 44.4 Å². The molecule has 0 amide bonds. The van der Waals surface area contributed by atoms with Gasteiger partial charge in [-0.15, -0.1) is 0 Å². The zero-order valence-corrected chi connectivity index (χ0v) is 12.2. The Bertz CT molecular complexity index is 405. The molecule has 0 N–H and O–H groups in total. The molecule has 1 aromatic rings. The van der Waals surface area contributed by atoms with Crippen molar-refractivity contribution in [2.24, 2.45) is 5.92 Å². The van der Waals surface area contributed by atoms with Crippen LogP contribution >= 0.6 is 11.6 Å². The van der Waals surface area contributed by atoms with Crippen LogP contribution < -0.4 is 0 Å². The second-order valence-electron chi connectivity index (χ2n) is 5.30. The highest BCUT2D eigenvalue weighted by molar-refractivity contribution is 6.30. The molecule has 2 nitrogen and oxygen atoms in total. The molecule has 1 saturated carbocycles. The predicted molar refractivity (Wildman–Crippen MR) is 77.4 cm³/mol. The predicted octanol–water partition coefficient (Wildman–Crippen LogP) is 4.57. The molecule has 0 saturated heterocycles. The van der Waals surface area contributed by atoms with Crippen LogP contribution in [0.3, 0.4) is 0 Å². The van der Waals surface area contributed by atoms with E-state index < -0.39 is 0 Å². The summed E-state index contributed by atoms with van der Waals surface area (Å²) in [6.45, 7) is 0. The average molecular weight is 281 g/mol. The molecule has 0 aromatic heterocycles. The lowest BCUT2D eigenvalue weighted by atomic mass is 9.81. The van der Waals surface area contributed by atoms with Gasteiger partial charge in [-0.2, -0.15) is 0 Å². The molecule has 0 heterocycles. The van der Waals surface area contributed by atoms with Gasteiger partial charge < -0.3 is 4.74 Å². The molecule has 0 spiro atoms. The third-order valence-corrected chi connectivity index (χ3v) is 4.31. The van der Waals surface area contributed by atoms with Crippen molar-refractivity contribution in [3.8, 4) is 0 Å². The minimum atomic E-state index is -0.139. The highest BCUT2D eigenvalue weighted by Gasteiger charge is 2.30. The Morgan fingerprint density at radius 2 is 1.74 bits per heavy atom. The summed E-state index contributed by atoms with van der Waals surface area (Å²) >= 11 is 5.93. The van der Waals surface area contributed by atoms with E-state index in [2.05, 4.69) is 0 Å². The molecule has 1 fully saturated rings. The lowest BCUT2D eigenvalue weighted by Gasteiger charge is -2.24. The molecule has 19 heavy (non-hydrogen) atoms. The van der Waals surface area contributed by atoms with E-state index in [1.807, 2.05) is 24.3 Å². The van der Waals surface area contributed by atoms with Crippen LogP contribution in [0.25, 0.3) is 0 Å². The monoisotopic (exact) mass is 280 g/mol. The summed E-state index contributed by atoms with van der Waals surface area (Å²) in [4.78, 5) is 12.2. The van der Waals surface area contributed by atoms with Crippen LogP contribution in [0, 0.1) is 5.92 Å². The fraction of sp³-hybridized carbons (Fsp3) is 0.562. The smallest absolute Gasteiger partial charge is 0.313 e. The van der Waals surface area contributed by atoms with Gasteiger partial charge >= 0.3 is 5.97 Å². The van der Waals surface area contributed by atoms with Crippen LogP contribution in [0.1, 0.15) is 50.0 Å². The number of hydrogen-bond donors (Lipinski definition) is 0. The first-order valence-corrected chi connectivity index (χ1v) is 7.43. The standard InChI is InChI=1S/C16H21ClO2/c1-19-16(18)15(12-6-4-2-3-5-7-12)13-8-10-14(17)11-9-13/h8-12,15H,2-7H2,1H3/t15-/m1/s1. The molecule has 1 aliphatic rings. The maximum absolute atomic E-state index is 12.2. The van der Waals surface area contributed by atoms with E-state index in [0.717, 1.165) is 18.4 Å². The minimum absolute atomic E-state index is 0.116. The van der Waals surface area contributed by atoms with E-state index in [-0.39, 0.29) is 11.9 Å². The molecule has 3 heteroatoms. The van der Waals surface area contributed by atoms with Crippen molar-refractivity contribution in [3.05, 3.63) is 34.9 Å². The quantitative estimate of drug-likeness (QED) is 0.599. The second kappa shape index (κ2) is 6.95. The number of methoxy groups -OCH3 is 1. The molecular weight excluding hydrogens is 260 g/mol. The number of benzene rings is 1. The number of esters is 1. The van der Waals surface area contributed by atoms with Crippen LogP contribution in [-0.2, 0) is 9.53 Å². The molecular formula is C16H21ClO2. The summed E-state index contributed by atoms with van der Waals surface area (Å²) in [6.07, 6.45) is 7.22. The van der Waals surface area contributed by atoms with Gasteiger partial charge in [0.1, 0.15) is 0 Å². The van der Waals surface area contributed by atoms with E-state index in [1.54, 1.807) is 0 Å². The molecule has 0 radical (unpaired) electrons. The first-order valence-electron chi connectivity index (χ1n) is 7.05. The van der Waals surface area contributed by atoms with E-state index in [0.29, 0.717) is 10.9 Å². The fourth-order valence-corrected chi connectivity index (χ4v) is 3.17. The van der Waals surface area contributed by atoms with E-state index in [4.69, 9.17) is 16.3 Å². The summed E-state index contributed by atoms with van der Waals surface area (Å²) < 4.78 is 5.02. The van der Waals surface area contributed by atoms with Crippen molar-refractivity contribution in [2.75, 3.05) is 7.11 Å². The molecule has 1 aromatic carbocycles. The Kier molecular flexibility index (Phi) is 5.26. The molecule has 0 unspecified atom stereocenters. The fourth-order valence-electron chi connectivity index (χ4n) is 3.04. The number of carbonyl (C=O) groups is 1. The van der Waals surface area contributed by atoms with Crippen molar-refractivity contribution in [3.63, 3.8) is 0 Å². The van der Waals surface area contributed by atoms with Gasteiger partial charge in [0.2, 0.25) is 0 Å². The maximum atomic E-state index is 12.2. The van der Waals surface area contributed by atoms with Crippen LogP contribution in [0.4, 0.5) is 0 Å². The van der Waals surface area contributed by atoms with Crippen LogP contribution in [0.15, 0.2) is 24.3 Å². The summed E-state index contributed by atoms with van der Waals surface area (Å²) in [5.41, 5.74) is 1.03. The van der Waals surface area contributed by atoms with Crippen molar-refractivity contribution in [1.29, 1.82) is 0 Å². The zero-order chi connectivity index (χ0) is 13.7. The number of ether oxygens (including phenoxy) is 1. The molecule has 1 aliphatic carbocycles. The number of rotatable bonds is 3. The second-order valence-corrected chi connectivity index (χ2v) is 5.74. The van der Waals surface area contributed by atoms with E-state index >= 15 is 0 Å². The summed E-state index contributed by atoms with van der Waals surface area (Å²) in [5, 5.41) is 0.702. The lowest BCUT2D eigenvalue weighted by Crippen LogP contribution is -2.23. The molecule has 2 rings (SSSR count). The summed E-state index contributed by atoms with van der Waals surface area (Å²) in [7, 11) is 1.47. The number of halogens is 1. The van der Waals surface area contributed by atoms with Gasteiger partial charge in [0.25, 0.3) is 0 Å². The topological polar surface area (TPSA) is 26.3 Å². The minimum Gasteiger partial charge on any atom is -0.469 e. The van der Waals surface area contributed by atoms with Gasteiger partial charge in [-0.05, 0) is 36.5 Å². The Morgan fingerprint density at radius 1 is 1.16 bits per heavy atom. The zero-order valence-electron chi connectivity index (χ0n) is 11.4. The van der Waals surface area contributed by atoms with E-state index in [1.165, 1.54) is 32.8 Å². The Hall–Kier alpha value is -1.02. The average Bonchev–Trinajstić information content (AvgIpc) is 2.70. The van der Waals surface area contributed by atoms with Crippen molar-refractivity contribution >= 4 is 17.6 Å². The van der Waals surface area contributed by atoms with Gasteiger partial charge in [0.15, 0.2) is 0 Å². The molecule has 104 valence electrons. The highest BCUT2D eigenvalue weighted by Crippen LogP contribution is 2.36. The molecule has 1 atom stereocenters. The summed E-state index contributed by atoms with van der Waals surface area (Å²) in [5.74, 6) is 0.144. The van der Waals surface area contributed by atoms with Gasteiger partial charge in [-0.25, -0.2) is 0 Å². The van der Waals surface area contributed by atoms with Crippen molar-refractivity contribution in [1.82, 2.24) is 0 Å². The molecule has 0 bridgehead atoms. The third-order valence-electron chi connectivity index (χ3n) is 4.06. The van der Waals surface area contributed by atoms with Crippen LogP contribution in [-0.4, -0.2) is 13.1 Å². The summed E-state index contributed by atoms with van der Waals surface area (Å²) in [6, 6.07) is 7.61. The maximum Gasteiger partial charge on any atom is 0.313 e. The first-order chi connectivity index (χ1) is 9.22. The SMILES string of the molecule is COC(=O)[C@@H](c1ccc(Cl)cc1)C1CCCCCC1. The first kappa shape index (κ1) is 14.4. The lowest BCUT2D eigenvalue weighted by molar-refractivity contribution is -0.144. The van der Waals surface area contributed by atoms with Crippen molar-refractivity contribution < 1.29 is 9.53 Å². The van der Waals surface area contributed by atoms with Crippen LogP contribution in [0.5, 0.6) is 0 Å². The highest BCUT2D eigenvalue weighted by atomic mass is 35.5. The Balaban J connectivity index is 2.24. The number of carbonyl (C=O) groups excluding carboxylic acids is 1. The van der Waals surface area contributed by atoms with Crippen LogP contribution in [0.2, 0.25) is 5.02 Å². The largest absolute Gasteiger partial charge is 0.469 e. The number of hydrogen-bond acceptors (Lipinski definition) is 2. The van der Waals surface area contributed by atoms with Gasteiger partial charge in [-0.3, -0.25) is 4.79 Å². The van der Waals surface area contributed by atoms with Gasteiger partial charge in [-0.1, -0.05) is 49.4 Å². The van der Waals surface area contributed by atoms with Gasteiger partial charge in [0.05, 0.1) is 13.0 Å². The van der Waals surface area contributed by atoms with E-state index in [9.17, 15) is 4.79 Å². The third kappa shape index (κ3) is 3.73. The Morgan fingerprint density at radius 3 is 2.26 bits per heavy atom. The Labute approximate surface area is 120 Å². The molecule has 0 aliphatic heterocycles.